The lowest BCUT2D eigenvalue weighted by Gasteiger charge is -2.15. The summed E-state index contributed by atoms with van der Waals surface area (Å²) in [6.45, 7) is 5.22. The molecule has 0 unspecified atom stereocenters. The summed E-state index contributed by atoms with van der Waals surface area (Å²) in [7, 11) is 2.95. The zero-order valence-electron chi connectivity index (χ0n) is 18.8. The van der Waals surface area contributed by atoms with Crippen LogP contribution in [0.1, 0.15) is 16.1 Å². The molecule has 0 aliphatic heterocycles. The fraction of sp³-hybridized carbons (Fsp3) is 0.273. The molecule has 4 aromatic rings. The number of benzene rings is 1. The van der Waals surface area contributed by atoms with Gasteiger partial charge in [-0.25, -0.2) is 9.36 Å². The van der Waals surface area contributed by atoms with Crippen LogP contribution in [0.15, 0.2) is 33.9 Å². The van der Waals surface area contributed by atoms with E-state index in [2.05, 4.69) is 15.5 Å². The normalized spacial score (nSPS) is 11.1. The molecule has 10 nitrogen and oxygen atoms in total. The van der Waals surface area contributed by atoms with Crippen molar-refractivity contribution < 1.29 is 14.3 Å². The highest BCUT2D eigenvalue weighted by Gasteiger charge is 2.23. The molecule has 1 amide bonds. The van der Waals surface area contributed by atoms with Crippen LogP contribution in [0.4, 0.5) is 5.82 Å². The van der Waals surface area contributed by atoms with E-state index in [1.54, 1.807) is 24.3 Å². The molecule has 0 spiro atoms. The van der Waals surface area contributed by atoms with Gasteiger partial charge in [0.25, 0.3) is 5.56 Å². The van der Waals surface area contributed by atoms with Crippen molar-refractivity contribution >= 4 is 33.3 Å². The van der Waals surface area contributed by atoms with Gasteiger partial charge in [-0.05, 0) is 38.5 Å². The number of aromatic nitrogens is 4. The summed E-state index contributed by atoms with van der Waals surface area (Å²) in [5.41, 5.74) is 0.689. The van der Waals surface area contributed by atoms with Gasteiger partial charge in [0.1, 0.15) is 22.9 Å². The maximum Gasteiger partial charge on any atom is 0.337 e. The number of aryl methyl sites for hydroxylation is 3. The van der Waals surface area contributed by atoms with Crippen LogP contribution in [0.3, 0.4) is 0 Å². The molecule has 0 saturated carbocycles. The SMILES string of the molecule is COc1ccc(-n2c(=O)c3c(C)c(C)sc3n(CC(=O)Nc3cc(C)[nH]n3)c2=O)c(OC)c1. The number of nitrogens with one attached hydrogen (secondary N) is 2. The molecule has 0 fully saturated rings. The van der Waals surface area contributed by atoms with Gasteiger partial charge in [0, 0.05) is 22.7 Å². The van der Waals surface area contributed by atoms with E-state index in [-0.39, 0.29) is 12.2 Å². The number of methoxy groups -OCH3 is 2. The first-order chi connectivity index (χ1) is 15.7. The van der Waals surface area contributed by atoms with Crippen LogP contribution < -0.4 is 26.0 Å². The Morgan fingerprint density at radius 2 is 1.91 bits per heavy atom. The minimum atomic E-state index is -0.648. The number of fused-ring (bicyclic) bond motifs is 1. The Labute approximate surface area is 192 Å². The van der Waals surface area contributed by atoms with Crippen LogP contribution in [0.25, 0.3) is 15.9 Å². The Balaban J connectivity index is 1.92. The highest BCUT2D eigenvalue weighted by molar-refractivity contribution is 7.18. The van der Waals surface area contributed by atoms with Gasteiger partial charge in [0.2, 0.25) is 5.91 Å². The van der Waals surface area contributed by atoms with Gasteiger partial charge in [0.15, 0.2) is 5.82 Å². The fourth-order valence-corrected chi connectivity index (χ4v) is 4.73. The highest BCUT2D eigenvalue weighted by atomic mass is 32.1. The third-order valence-corrected chi connectivity index (χ3v) is 6.58. The van der Waals surface area contributed by atoms with Crippen LogP contribution >= 0.6 is 11.3 Å². The number of thiophene rings is 1. The van der Waals surface area contributed by atoms with E-state index in [1.165, 1.54) is 30.1 Å². The molecule has 2 N–H and O–H groups in total. The molecule has 0 bridgehead atoms. The lowest BCUT2D eigenvalue weighted by Crippen LogP contribution is -2.40. The number of ether oxygens (including phenoxy) is 2. The molecule has 33 heavy (non-hydrogen) atoms. The average Bonchev–Trinajstić information content (AvgIpc) is 3.33. The Kier molecular flexibility index (Phi) is 5.81. The Bertz CT molecular complexity index is 1490. The quantitative estimate of drug-likeness (QED) is 0.448. The van der Waals surface area contributed by atoms with Gasteiger partial charge >= 0.3 is 5.69 Å². The van der Waals surface area contributed by atoms with Gasteiger partial charge in [-0.3, -0.25) is 19.3 Å². The van der Waals surface area contributed by atoms with Crippen LogP contribution in [0, 0.1) is 20.8 Å². The third-order valence-electron chi connectivity index (χ3n) is 5.35. The molecule has 11 heteroatoms. The van der Waals surface area contributed by atoms with Crippen molar-refractivity contribution in [3.05, 3.63) is 61.2 Å². The third kappa shape index (κ3) is 3.91. The second-order valence-corrected chi connectivity index (χ2v) is 8.70. The van der Waals surface area contributed by atoms with E-state index in [4.69, 9.17) is 9.47 Å². The Hall–Kier alpha value is -3.86. The monoisotopic (exact) mass is 469 g/mol. The second-order valence-electron chi connectivity index (χ2n) is 7.49. The number of rotatable bonds is 6. The maximum absolute atomic E-state index is 13.6. The topological polar surface area (TPSA) is 120 Å². The summed E-state index contributed by atoms with van der Waals surface area (Å²) >= 11 is 1.30. The van der Waals surface area contributed by atoms with Gasteiger partial charge < -0.3 is 14.8 Å². The van der Waals surface area contributed by atoms with E-state index in [1.807, 2.05) is 20.8 Å². The second kappa shape index (κ2) is 8.58. The number of amides is 1. The minimum absolute atomic E-state index is 0.260. The van der Waals surface area contributed by atoms with Gasteiger partial charge in [0.05, 0.1) is 25.3 Å². The molecule has 4 rings (SSSR count). The number of hydrogen-bond acceptors (Lipinski definition) is 7. The van der Waals surface area contributed by atoms with E-state index < -0.39 is 17.2 Å². The molecule has 0 atom stereocenters. The van der Waals surface area contributed by atoms with Crippen LogP contribution in [-0.4, -0.2) is 39.5 Å². The molecular weight excluding hydrogens is 446 g/mol. The minimum Gasteiger partial charge on any atom is -0.497 e. The largest absolute Gasteiger partial charge is 0.497 e. The molecular formula is C22H23N5O5S. The van der Waals surface area contributed by atoms with Crippen molar-refractivity contribution in [2.24, 2.45) is 0 Å². The summed E-state index contributed by atoms with van der Waals surface area (Å²) in [4.78, 5) is 41.2. The molecule has 0 aliphatic rings. The molecule has 172 valence electrons. The van der Waals surface area contributed by atoms with Crippen LogP contribution in [-0.2, 0) is 11.3 Å². The van der Waals surface area contributed by atoms with Crippen molar-refractivity contribution in [1.82, 2.24) is 19.3 Å². The van der Waals surface area contributed by atoms with E-state index in [0.717, 1.165) is 20.7 Å². The van der Waals surface area contributed by atoms with Crippen LogP contribution in [0.2, 0.25) is 0 Å². The van der Waals surface area contributed by atoms with Crippen LogP contribution in [0.5, 0.6) is 11.5 Å². The van der Waals surface area contributed by atoms with E-state index >= 15 is 0 Å². The number of carbonyl (C=O) groups excluding carboxylic acids is 1. The summed E-state index contributed by atoms with van der Waals surface area (Å²) in [6.07, 6.45) is 0. The number of H-pyrrole nitrogens is 1. The van der Waals surface area contributed by atoms with Crippen molar-refractivity contribution in [1.29, 1.82) is 0 Å². The molecule has 0 radical (unpaired) electrons. The first-order valence-electron chi connectivity index (χ1n) is 10.0. The van der Waals surface area contributed by atoms with Crippen molar-refractivity contribution in [3.8, 4) is 17.2 Å². The zero-order chi connectivity index (χ0) is 23.9. The number of carbonyl (C=O) groups is 1. The van der Waals surface area contributed by atoms with Gasteiger partial charge in [-0.15, -0.1) is 11.3 Å². The fourth-order valence-electron chi connectivity index (χ4n) is 3.59. The molecule has 0 saturated heterocycles. The summed E-state index contributed by atoms with van der Waals surface area (Å²) in [5, 5.41) is 9.80. The molecule has 1 aromatic carbocycles. The van der Waals surface area contributed by atoms with Gasteiger partial charge in [-0.1, -0.05) is 0 Å². The first kappa shape index (κ1) is 22.3. The van der Waals surface area contributed by atoms with Crippen molar-refractivity contribution in [2.75, 3.05) is 19.5 Å². The van der Waals surface area contributed by atoms with Crippen molar-refractivity contribution in [3.63, 3.8) is 0 Å². The van der Waals surface area contributed by atoms with E-state index in [0.29, 0.717) is 27.5 Å². The zero-order valence-corrected chi connectivity index (χ0v) is 19.6. The molecule has 0 aliphatic carbocycles. The summed E-state index contributed by atoms with van der Waals surface area (Å²) in [6, 6.07) is 6.49. The van der Waals surface area contributed by atoms with E-state index in [9.17, 15) is 14.4 Å². The molecule has 3 heterocycles. The molecule has 3 aromatic heterocycles. The highest BCUT2D eigenvalue weighted by Crippen LogP contribution is 2.29. The lowest BCUT2D eigenvalue weighted by atomic mass is 10.2. The maximum atomic E-state index is 13.6. The number of nitrogens with zero attached hydrogens (tertiary/aromatic N) is 3. The number of anilines is 1. The standard InChI is InChI=1S/C22H23N5O5S/c1-11-8-17(25-24-11)23-18(28)10-26-21-19(12(2)13(3)33-21)20(29)27(22(26)30)15-7-6-14(31-4)9-16(15)32-5/h6-9H,10H2,1-5H3,(H2,23,24,25,28). The lowest BCUT2D eigenvalue weighted by molar-refractivity contribution is -0.116. The Morgan fingerprint density at radius 3 is 2.55 bits per heavy atom. The summed E-state index contributed by atoms with van der Waals surface area (Å²) < 4.78 is 13.0. The summed E-state index contributed by atoms with van der Waals surface area (Å²) in [5.74, 6) is 0.716. The number of aromatic amines is 1. The van der Waals surface area contributed by atoms with Gasteiger partial charge in [-0.2, -0.15) is 5.10 Å². The Morgan fingerprint density at radius 1 is 1.15 bits per heavy atom. The first-order valence-corrected chi connectivity index (χ1v) is 10.9. The number of hydrogen-bond donors (Lipinski definition) is 2. The predicted octanol–water partition coefficient (Wildman–Crippen LogP) is 2.52. The smallest absolute Gasteiger partial charge is 0.337 e. The predicted molar refractivity (Wildman–Crippen MR) is 126 cm³/mol. The van der Waals surface area contributed by atoms with Crippen molar-refractivity contribution in [2.45, 2.75) is 27.3 Å². The average molecular weight is 470 g/mol.